The first-order valence-electron chi connectivity index (χ1n) is 2.69. The number of rotatable bonds is 3. The Bertz CT molecular complexity index is 130. The fourth-order valence-electron chi connectivity index (χ4n) is 0.214. The van der Waals surface area contributed by atoms with Gasteiger partial charge in [-0.05, 0) is 5.54 Å². The molecule has 0 unspecified atom stereocenters. The van der Waals surface area contributed by atoms with E-state index in [1.54, 1.807) is 0 Å². The highest BCUT2D eigenvalue weighted by atomic mass is 35.5. The quantitative estimate of drug-likeness (QED) is 0.687. The molecule has 0 aliphatic heterocycles. The van der Waals surface area contributed by atoms with Gasteiger partial charge < -0.3 is 10.2 Å². The van der Waals surface area contributed by atoms with Crippen LogP contribution in [-0.4, -0.2) is 22.2 Å². The molecule has 0 bridgehead atoms. The van der Waals surface area contributed by atoms with Crippen LogP contribution in [0.2, 0.25) is 0 Å². The van der Waals surface area contributed by atoms with Gasteiger partial charge in [-0.25, -0.2) is 0 Å². The van der Waals surface area contributed by atoms with Crippen molar-refractivity contribution in [2.24, 2.45) is 0 Å². The summed E-state index contributed by atoms with van der Waals surface area (Å²) < 4.78 is 0. The van der Waals surface area contributed by atoms with Crippen LogP contribution in [0, 0.1) is 0 Å². The molecule has 5 heteroatoms. The van der Waals surface area contributed by atoms with E-state index in [1.165, 1.54) is 5.54 Å². The van der Waals surface area contributed by atoms with Crippen molar-refractivity contribution >= 4 is 23.5 Å². The Morgan fingerprint density at radius 2 is 1.45 bits per heavy atom. The van der Waals surface area contributed by atoms with Crippen LogP contribution in [0.3, 0.4) is 0 Å². The zero-order valence-electron chi connectivity index (χ0n) is 5.79. The van der Waals surface area contributed by atoms with Gasteiger partial charge in [-0.2, -0.15) is 0 Å². The van der Waals surface area contributed by atoms with Crippen LogP contribution in [0.4, 0.5) is 0 Å². The molecule has 0 radical (unpaired) electrons. The smallest absolute Gasteiger partial charge is 0.303 e. The third kappa shape index (κ3) is 27.6. The molecular formula is C6H9ClO4. The van der Waals surface area contributed by atoms with Crippen LogP contribution < -0.4 is 0 Å². The summed E-state index contributed by atoms with van der Waals surface area (Å²) in [5.41, 5.74) is 1.22. The lowest BCUT2D eigenvalue weighted by Crippen LogP contribution is -2.00. The summed E-state index contributed by atoms with van der Waals surface area (Å²) in [6, 6.07) is 0. The maximum atomic E-state index is 9.64. The molecule has 0 aliphatic carbocycles. The molecule has 64 valence electrons. The second-order valence-corrected chi connectivity index (χ2v) is 1.75. The zero-order chi connectivity index (χ0) is 9.28. The van der Waals surface area contributed by atoms with E-state index in [4.69, 9.17) is 21.8 Å². The Labute approximate surface area is 69.1 Å². The average Bonchev–Trinajstić information content (AvgIpc) is 1.85. The highest BCUT2D eigenvalue weighted by Gasteiger charge is 2.00. The summed E-state index contributed by atoms with van der Waals surface area (Å²) in [5.74, 6) is -2.15. The Morgan fingerprint density at radius 3 is 1.55 bits per heavy atom. The van der Waals surface area contributed by atoms with Crippen molar-refractivity contribution in [3.8, 4) is 0 Å². The van der Waals surface area contributed by atoms with Gasteiger partial charge >= 0.3 is 11.9 Å². The van der Waals surface area contributed by atoms with Gasteiger partial charge in [0.25, 0.3) is 0 Å². The summed E-state index contributed by atoms with van der Waals surface area (Å²) in [6.07, 6.45) is -0.593. The predicted molar refractivity (Wildman–Crippen MR) is 40.6 cm³/mol. The molecule has 0 atom stereocenters. The van der Waals surface area contributed by atoms with Crippen molar-refractivity contribution in [1.82, 2.24) is 0 Å². The van der Waals surface area contributed by atoms with E-state index in [0.29, 0.717) is 0 Å². The number of halogens is 1. The van der Waals surface area contributed by atoms with E-state index in [0.717, 1.165) is 0 Å². The van der Waals surface area contributed by atoms with Crippen LogP contribution >= 0.6 is 11.6 Å². The van der Waals surface area contributed by atoms with E-state index < -0.39 is 11.9 Å². The minimum atomic E-state index is -1.08. The Balaban J connectivity index is 0. The van der Waals surface area contributed by atoms with Gasteiger partial charge in [0, 0.05) is 0 Å². The first-order valence-corrected chi connectivity index (χ1v) is 3.13. The van der Waals surface area contributed by atoms with Crippen molar-refractivity contribution < 1.29 is 19.8 Å². The minimum Gasteiger partial charge on any atom is -0.481 e. The van der Waals surface area contributed by atoms with E-state index in [2.05, 4.69) is 6.58 Å². The van der Waals surface area contributed by atoms with Crippen molar-refractivity contribution in [3.63, 3.8) is 0 Å². The summed E-state index contributed by atoms with van der Waals surface area (Å²) in [6.45, 7) is 3.13. The van der Waals surface area contributed by atoms with Gasteiger partial charge in [-0.1, -0.05) is 18.2 Å². The first-order chi connectivity index (χ1) is 5.04. The van der Waals surface area contributed by atoms with Gasteiger partial charge in [0.05, 0.1) is 12.8 Å². The molecule has 0 aromatic carbocycles. The van der Waals surface area contributed by atoms with E-state index >= 15 is 0 Å². The summed E-state index contributed by atoms with van der Waals surface area (Å²) >= 11 is 4.76. The third-order valence-electron chi connectivity index (χ3n) is 0.553. The van der Waals surface area contributed by atoms with E-state index in [1.807, 2.05) is 0 Å². The molecule has 0 rings (SSSR count). The molecule has 2 N–H and O–H groups in total. The van der Waals surface area contributed by atoms with E-state index in [-0.39, 0.29) is 12.8 Å². The van der Waals surface area contributed by atoms with Crippen LogP contribution in [0.5, 0.6) is 0 Å². The fraction of sp³-hybridized carbons (Fsp3) is 0.333. The molecule has 0 amide bonds. The van der Waals surface area contributed by atoms with Crippen LogP contribution in [0.1, 0.15) is 12.8 Å². The third-order valence-corrected chi connectivity index (χ3v) is 0.553. The predicted octanol–water partition coefficient (Wildman–Crippen LogP) is 1.30. The van der Waals surface area contributed by atoms with E-state index in [9.17, 15) is 9.59 Å². The van der Waals surface area contributed by atoms with Crippen LogP contribution in [0.25, 0.3) is 0 Å². The molecule has 0 aliphatic rings. The van der Waals surface area contributed by atoms with Crippen molar-refractivity contribution in [1.29, 1.82) is 0 Å². The SMILES string of the molecule is C=CCl.O=C(O)CCC(=O)O. The van der Waals surface area contributed by atoms with Crippen LogP contribution in [0.15, 0.2) is 12.1 Å². The average molecular weight is 181 g/mol. The summed E-state index contributed by atoms with van der Waals surface area (Å²) in [7, 11) is 0. The summed E-state index contributed by atoms with van der Waals surface area (Å²) in [5, 5.41) is 15.8. The number of hydrogen-bond donors (Lipinski definition) is 2. The monoisotopic (exact) mass is 180 g/mol. The molecule has 0 aromatic rings. The molecule has 11 heavy (non-hydrogen) atoms. The van der Waals surface area contributed by atoms with Gasteiger partial charge in [0.15, 0.2) is 0 Å². The Kier molecular flexibility index (Phi) is 10.3. The van der Waals surface area contributed by atoms with Gasteiger partial charge in [0.1, 0.15) is 0 Å². The summed E-state index contributed by atoms with van der Waals surface area (Å²) in [4.78, 5) is 19.3. The molecule has 4 nitrogen and oxygen atoms in total. The first kappa shape index (κ1) is 12.6. The highest BCUT2D eigenvalue weighted by Crippen LogP contribution is 1.86. The lowest BCUT2D eigenvalue weighted by atomic mass is 10.3. The number of carboxylic acid groups (broad SMARTS) is 2. The van der Waals surface area contributed by atoms with Gasteiger partial charge in [-0.3, -0.25) is 9.59 Å². The molecule has 0 fully saturated rings. The Morgan fingerprint density at radius 1 is 1.27 bits per heavy atom. The molecule has 0 saturated carbocycles. The normalized spacial score (nSPS) is 7.36. The zero-order valence-corrected chi connectivity index (χ0v) is 6.54. The highest BCUT2D eigenvalue weighted by molar-refractivity contribution is 6.25. The Hall–Kier alpha value is -1.03. The van der Waals surface area contributed by atoms with Crippen molar-refractivity contribution in [2.45, 2.75) is 12.8 Å². The van der Waals surface area contributed by atoms with Crippen LogP contribution in [-0.2, 0) is 9.59 Å². The number of carboxylic acids is 2. The molecule has 0 heterocycles. The van der Waals surface area contributed by atoms with Crippen molar-refractivity contribution in [3.05, 3.63) is 12.1 Å². The fourth-order valence-corrected chi connectivity index (χ4v) is 0.214. The second kappa shape index (κ2) is 8.97. The van der Waals surface area contributed by atoms with Gasteiger partial charge in [-0.15, -0.1) is 0 Å². The van der Waals surface area contributed by atoms with Gasteiger partial charge in [0.2, 0.25) is 0 Å². The molecule has 0 saturated heterocycles. The molecule has 0 spiro atoms. The molecular weight excluding hydrogens is 172 g/mol. The van der Waals surface area contributed by atoms with Crippen molar-refractivity contribution in [2.75, 3.05) is 0 Å². The second-order valence-electron chi connectivity index (χ2n) is 1.44. The lowest BCUT2D eigenvalue weighted by Gasteiger charge is -1.85. The molecule has 0 aromatic heterocycles. The number of carbonyl (C=O) groups is 2. The number of hydrogen-bond acceptors (Lipinski definition) is 2. The number of aliphatic carboxylic acids is 2. The lowest BCUT2D eigenvalue weighted by molar-refractivity contribution is -0.143. The standard InChI is InChI=1S/C4H6O4.C2H3Cl/c5-3(6)1-2-4(7)8;1-2-3/h1-2H2,(H,5,6)(H,7,8);2H,1H2. The maximum Gasteiger partial charge on any atom is 0.303 e. The topological polar surface area (TPSA) is 74.6 Å². The minimum absolute atomic E-state index is 0.296. The largest absolute Gasteiger partial charge is 0.481 e. The maximum absolute atomic E-state index is 9.64.